The molecule has 0 saturated heterocycles. The van der Waals surface area contributed by atoms with E-state index in [9.17, 15) is 24.6 Å². The lowest BCUT2D eigenvalue weighted by Crippen LogP contribution is -2.07. The number of aromatic carboxylic acids is 1. The van der Waals surface area contributed by atoms with E-state index < -0.39 is 17.4 Å². The van der Waals surface area contributed by atoms with Gasteiger partial charge in [-0.15, -0.1) is 0 Å². The van der Waals surface area contributed by atoms with Gasteiger partial charge in [-0.3, -0.25) is 4.79 Å². The molecule has 42 heavy (non-hydrogen) atoms. The average Bonchev–Trinajstić information content (AvgIpc) is 2.99. The highest BCUT2D eigenvalue weighted by molar-refractivity contribution is 6.31. The number of rotatable bonds is 6. The summed E-state index contributed by atoms with van der Waals surface area (Å²) in [6, 6.07) is 21.1. The molecule has 0 atom stereocenters. The molecule has 3 N–H and O–H groups in total. The number of carboxylic acid groups (broad SMARTS) is 1. The van der Waals surface area contributed by atoms with Crippen LogP contribution in [0.1, 0.15) is 26.4 Å². The minimum absolute atomic E-state index is 0.0402. The largest absolute Gasteiger partial charge is 0.507 e. The van der Waals surface area contributed by atoms with Crippen LogP contribution in [0.25, 0.3) is 44.3 Å². The number of nitrogens with zero attached hydrogens (tertiary/aromatic N) is 1. The Morgan fingerprint density at radius 3 is 2.60 bits per heavy atom. The SMILES string of the molecule is COC(=O)c1ccc2cccc(NCc3c(O)ccc4c(-c5ccccc5C(=O)O)c5cc(Cl)c(=O)cc-5oc34)c2n1. The summed E-state index contributed by atoms with van der Waals surface area (Å²) in [7, 11) is 1.28. The van der Waals surface area contributed by atoms with Crippen molar-refractivity contribution in [2.75, 3.05) is 12.4 Å². The van der Waals surface area contributed by atoms with Crippen LogP contribution in [0, 0.1) is 0 Å². The summed E-state index contributed by atoms with van der Waals surface area (Å²) in [5, 5.41) is 25.4. The fourth-order valence-electron chi connectivity index (χ4n) is 5.04. The number of esters is 1. The zero-order chi connectivity index (χ0) is 29.5. The molecule has 0 spiro atoms. The van der Waals surface area contributed by atoms with Gasteiger partial charge in [0, 0.05) is 34.5 Å². The van der Waals surface area contributed by atoms with Crippen molar-refractivity contribution in [1.82, 2.24) is 4.98 Å². The minimum atomic E-state index is -1.13. The molecule has 208 valence electrons. The zero-order valence-electron chi connectivity index (χ0n) is 22.0. The Morgan fingerprint density at radius 1 is 1.00 bits per heavy atom. The lowest BCUT2D eigenvalue weighted by molar-refractivity contribution is 0.0593. The number of nitrogens with one attached hydrogen (secondary N) is 1. The van der Waals surface area contributed by atoms with Gasteiger partial charge in [-0.25, -0.2) is 14.6 Å². The van der Waals surface area contributed by atoms with E-state index in [0.717, 1.165) is 5.39 Å². The number of carboxylic acids is 1. The van der Waals surface area contributed by atoms with Gasteiger partial charge in [0.25, 0.3) is 0 Å². The van der Waals surface area contributed by atoms with E-state index in [1.807, 2.05) is 12.1 Å². The van der Waals surface area contributed by atoms with E-state index in [4.69, 9.17) is 20.8 Å². The minimum Gasteiger partial charge on any atom is -0.507 e. The van der Waals surface area contributed by atoms with Gasteiger partial charge in [-0.2, -0.15) is 0 Å². The first-order valence-corrected chi connectivity index (χ1v) is 13.1. The van der Waals surface area contributed by atoms with Gasteiger partial charge < -0.3 is 24.7 Å². The summed E-state index contributed by atoms with van der Waals surface area (Å²) in [6.45, 7) is 0.0548. The highest BCUT2D eigenvalue weighted by atomic mass is 35.5. The Bertz CT molecular complexity index is 2090. The summed E-state index contributed by atoms with van der Waals surface area (Å²) >= 11 is 6.21. The van der Waals surface area contributed by atoms with Gasteiger partial charge in [0.05, 0.1) is 34.5 Å². The zero-order valence-corrected chi connectivity index (χ0v) is 22.7. The summed E-state index contributed by atoms with van der Waals surface area (Å²) in [5.41, 5.74) is 2.75. The maximum absolute atomic E-state index is 12.5. The summed E-state index contributed by atoms with van der Waals surface area (Å²) in [5.74, 6) is -1.62. The Hall–Kier alpha value is -5.41. The summed E-state index contributed by atoms with van der Waals surface area (Å²) in [6.07, 6.45) is 0. The molecule has 4 aromatic rings. The first kappa shape index (κ1) is 26.8. The molecule has 1 aliphatic heterocycles. The number of anilines is 1. The molecule has 6 rings (SSSR count). The smallest absolute Gasteiger partial charge is 0.356 e. The summed E-state index contributed by atoms with van der Waals surface area (Å²) in [4.78, 5) is 41.2. The van der Waals surface area contributed by atoms with Gasteiger partial charge in [0.15, 0.2) is 0 Å². The predicted molar refractivity (Wildman–Crippen MR) is 159 cm³/mol. The molecule has 0 bridgehead atoms. The van der Waals surface area contributed by atoms with E-state index in [-0.39, 0.29) is 39.9 Å². The van der Waals surface area contributed by atoms with Crippen LogP contribution in [0.5, 0.6) is 5.75 Å². The van der Waals surface area contributed by atoms with E-state index >= 15 is 0 Å². The van der Waals surface area contributed by atoms with Crippen molar-refractivity contribution in [3.63, 3.8) is 0 Å². The standard InChI is InChI=1S/C32H21ClN2O7/c1-41-32(40)24-11-9-16-5-4-8-23(29(16)35-24)34-15-21-25(36)12-10-19-28(17-6-2-3-7-18(17)31(38)39)20-13-22(33)26(37)14-27(20)42-30(19)21/h2-14,34,36H,15H2,1H3,(H,38,39). The van der Waals surface area contributed by atoms with E-state index in [1.54, 1.807) is 42.5 Å². The molecule has 0 radical (unpaired) electrons. The molecule has 10 heteroatoms. The third kappa shape index (κ3) is 4.55. The molecule has 0 fully saturated rings. The number of pyridine rings is 1. The molecule has 1 aromatic heterocycles. The Morgan fingerprint density at radius 2 is 1.81 bits per heavy atom. The van der Waals surface area contributed by atoms with Crippen molar-refractivity contribution in [1.29, 1.82) is 0 Å². The second-order valence-electron chi connectivity index (χ2n) is 9.47. The number of aromatic nitrogens is 1. The third-order valence-electron chi connectivity index (χ3n) is 7.02. The van der Waals surface area contributed by atoms with Gasteiger partial charge in [0.2, 0.25) is 5.43 Å². The molecular formula is C32H21ClN2O7. The molecule has 0 amide bonds. The van der Waals surface area contributed by atoms with Crippen LogP contribution in [0.4, 0.5) is 5.69 Å². The Kier molecular flexibility index (Phi) is 6.72. The molecular weight excluding hydrogens is 560 g/mol. The van der Waals surface area contributed by atoms with Crippen molar-refractivity contribution in [3.05, 3.63) is 111 Å². The number of carbonyl (C=O) groups is 2. The van der Waals surface area contributed by atoms with Crippen LogP contribution in [0.3, 0.4) is 0 Å². The number of para-hydroxylation sites is 1. The number of aromatic hydroxyl groups is 1. The number of ether oxygens (including phenoxy) is 1. The lowest BCUT2D eigenvalue weighted by Gasteiger charge is -2.19. The number of carbonyl (C=O) groups excluding carboxylic acids is 1. The number of phenolic OH excluding ortho intramolecular Hbond substituents is 1. The number of hydrogen-bond acceptors (Lipinski definition) is 8. The van der Waals surface area contributed by atoms with E-state index in [2.05, 4.69) is 10.3 Å². The van der Waals surface area contributed by atoms with Gasteiger partial charge in [-0.05, 0) is 42.0 Å². The van der Waals surface area contributed by atoms with Gasteiger partial charge in [-0.1, -0.05) is 48.0 Å². The van der Waals surface area contributed by atoms with Crippen LogP contribution in [-0.4, -0.2) is 34.2 Å². The van der Waals surface area contributed by atoms with Crippen molar-refractivity contribution in [2.45, 2.75) is 6.54 Å². The van der Waals surface area contributed by atoms with Crippen LogP contribution in [0.2, 0.25) is 5.02 Å². The number of hydrogen-bond donors (Lipinski definition) is 3. The van der Waals surface area contributed by atoms with Crippen molar-refractivity contribution < 1.29 is 29.0 Å². The van der Waals surface area contributed by atoms with Crippen molar-refractivity contribution >= 4 is 51.1 Å². The van der Waals surface area contributed by atoms with E-state index in [0.29, 0.717) is 38.8 Å². The maximum atomic E-state index is 12.5. The monoisotopic (exact) mass is 580 g/mol. The lowest BCUT2D eigenvalue weighted by atomic mass is 9.90. The Balaban J connectivity index is 1.56. The number of methoxy groups -OCH3 is 1. The Labute approximate surface area is 242 Å². The van der Waals surface area contributed by atoms with Gasteiger partial charge in [0.1, 0.15) is 22.8 Å². The molecule has 1 aliphatic carbocycles. The van der Waals surface area contributed by atoms with E-state index in [1.165, 1.54) is 31.4 Å². The second kappa shape index (κ2) is 10.5. The quantitative estimate of drug-likeness (QED) is 0.147. The first-order valence-electron chi connectivity index (χ1n) is 12.7. The highest BCUT2D eigenvalue weighted by Crippen LogP contribution is 2.44. The number of fused-ring (bicyclic) bond motifs is 3. The van der Waals surface area contributed by atoms with Crippen LogP contribution >= 0.6 is 11.6 Å². The fraction of sp³-hybridized carbons (Fsp3) is 0.0625. The maximum Gasteiger partial charge on any atom is 0.356 e. The van der Waals surface area contributed by atoms with Crippen LogP contribution in [0.15, 0.2) is 88.1 Å². The normalized spacial score (nSPS) is 11.2. The van der Waals surface area contributed by atoms with Crippen molar-refractivity contribution in [3.8, 4) is 28.2 Å². The molecule has 2 heterocycles. The third-order valence-corrected chi connectivity index (χ3v) is 7.31. The second-order valence-corrected chi connectivity index (χ2v) is 9.87. The molecule has 3 aromatic carbocycles. The van der Waals surface area contributed by atoms with Gasteiger partial charge >= 0.3 is 11.9 Å². The van der Waals surface area contributed by atoms with Crippen molar-refractivity contribution in [2.24, 2.45) is 0 Å². The predicted octanol–water partition coefficient (Wildman–Crippen LogP) is 6.57. The average molecular weight is 581 g/mol. The molecule has 2 aliphatic rings. The summed E-state index contributed by atoms with van der Waals surface area (Å²) < 4.78 is 11.0. The number of phenols is 1. The number of benzene rings is 4. The molecule has 0 unspecified atom stereocenters. The van der Waals surface area contributed by atoms with Crippen LogP contribution in [-0.2, 0) is 11.3 Å². The molecule has 0 saturated carbocycles. The molecule has 9 nitrogen and oxygen atoms in total. The highest BCUT2D eigenvalue weighted by Gasteiger charge is 2.24. The number of halogens is 1. The van der Waals surface area contributed by atoms with Crippen LogP contribution < -0.4 is 10.7 Å². The first-order chi connectivity index (χ1) is 20.3. The topological polar surface area (TPSA) is 139 Å². The fourth-order valence-corrected chi connectivity index (χ4v) is 5.20.